The third-order valence-corrected chi connectivity index (χ3v) is 1.98. The van der Waals surface area contributed by atoms with Crippen LogP contribution in [-0.4, -0.2) is 21.3 Å². The van der Waals surface area contributed by atoms with Gasteiger partial charge in [-0.25, -0.2) is 9.18 Å². The number of aromatic nitrogens is 2. The molecule has 1 heterocycles. The van der Waals surface area contributed by atoms with E-state index in [-0.39, 0.29) is 22.9 Å². The highest BCUT2D eigenvalue weighted by Gasteiger charge is 2.20. The first-order valence-electron chi connectivity index (χ1n) is 4.42. The van der Waals surface area contributed by atoms with E-state index in [0.717, 1.165) is 6.07 Å². The normalized spacial score (nSPS) is 10.4. The first-order valence-corrected chi connectivity index (χ1v) is 4.42. The number of aryl methyl sites for hydroxylation is 1. The van der Waals surface area contributed by atoms with Crippen molar-refractivity contribution in [2.24, 2.45) is 0 Å². The largest absolute Gasteiger partial charge is 0.478 e. The van der Waals surface area contributed by atoms with Gasteiger partial charge in [0.2, 0.25) is 5.89 Å². The molecule has 16 heavy (non-hydrogen) atoms. The zero-order valence-corrected chi connectivity index (χ0v) is 8.27. The van der Waals surface area contributed by atoms with Gasteiger partial charge in [-0.05, 0) is 12.1 Å². The third-order valence-electron chi connectivity index (χ3n) is 1.98. The van der Waals surface area contributed by atoms with Crippen molar-refractivity contribution in [2.45, 2.75) is 6.92 Å². The average molecular weight is 222 g/mol. The summed E-state index contributed by atoms with van der Waals surface area (Å²) in [6.07, 6.45) is 0. The van der Waals surface area contributed by atoms with Gasteiger partial charge in [0.1, 0.15) is 5.82 Å². The van der Waals surface area contributed by atoms with E-state index < -0.39 is 11.8 Å². The lowest BCUT2D eigenvalue weighted by atomic mass is 10.1. The summed E-state index contributed by atoms with van der Waals surface area (Å²) in [5, 5.41) is 16.0. The second-order valence-electron chi connectivity index (χ2n) is 3.09. The number of carboxylic acid groups (broad SMARTS) is 1. The van der Waals surface area contributed by atoms with Crippen LogP contribution in [0.5, 0.6) is 0 Å². The van der Waals surface area contributed by atoms with Gasteiger partial charge in [0.05, 0.1) is 11.1 Å². The summed E-state index contributed by atoms with van der Waals surface area (Å²) in [5.41, 5.74) is -0.390. The van der Waals surface area contributed by atoms with Gasteiger partial charge >= 0.3 is 5.97 Å². The number of rotatable bonds is 2. The molecule has 0 saturated heterocycles. The van der Waals surface area contributed by atoms with Gasteiger partial charge in [-0.15, -0.1) is 10.2 Å². The van der Waals surface area contributed by atoms with Gasteiger partial charge in [-0.1, -0.05) is 6.07 Å². The van der Waals surface area contributed by atoms with Crippen LogP contribution in [0.3, 0.4) is 0 Å². The molecule has 0 radical (unpaired) electrons. The number of aromatic carboxylic acids is 1. The predicted molar refractivity (Wildman–Crippen MR) is 51.4 cm³/mol. The number of halogens is 1. The van der Waals surface area contributed by atoms with Crippen molar-refractivity contribution in [1.82, 2.24) is 10.2 Å². The maximum Gasteiger partial charge on any atom is 0.336 e. The summed E-state index contributed by atoms with van der Waals surface area (Å²) in [5.74, 6) is -1.84. The number of carboxylic acids is 1. The zero-order chi connectivity index (χ0) is 11.7. The van der Waals surface area contributed by atoms with E-state index in [1.807, 2.05) is 0 Å². The van der Waals surface area contributed by atoms with E-state index in [1.165, 1.54) is 19.1 Å². The summed E-state index contributed by atoms with van der Waals surface area (Å²) in [7, 11) is 0. The number of hydrogen-bond donors (Lipinski definition) is 1. The van der Waals surface area contributed by atoms with Crippen molar-refractivity contribution in [3.8, 4) is 11.5 Å². The second-order valence-corrected chi connectivity index (χ2v) is 3.09. The molecule has 0 aliphatic carbocycles. The second kappa shape index (κ2) is 3.73. The van der Waals surface area contributed by atoms with Crippen molar-refractivity contribution in [2.75, 3.05) is 0 Å². The summed E-state index contributed by atoms with van der Waals surface area (Å²) in [6.45, 7) is 1.54. The molecule has 0 unspecified atom stereocenters. The maximum atomic E-state index is 13.5. The van der Waals surface area contributed by atoms with Crippen LogP contribution in [0.4, 0.5) is 4.39 Å². The van der Waals surface area contributed by atoms with Gasteiger partial charge < -0.3 is 9.52 Å². The van der Waals surface area contributed by atoms with Gasteiger partial charge in [0.25, 0.3) is 5.89 Å². The summed E-state index contributed by atoms with van der Waals surface area (Å²) < 4.78 is 18.5. The van der Waals surface area contributed by atoms with Crippen LogP contribution in [0.25, 0.3) is 11.5 Å². The molecule has 0 bridgehead atoms. The van der Waals surface area contributed by atoms with E-state index in [4.69, 9.17) is 9.52 Å². The molecule has 0 aliphatic heterocycles. The fourth-order valence-corrected chi connectivity index (χ4v) is 1.32. The number of benzene rings is 1. The minimum atomic E-state index is -1.25. The predicted octanol–water partition coefficient (Wildman–Crippen LogP) is 1.88. The van der Waals surface area contributed by atoms with E-state index in [0.29, 0.717) is 0 Å². The summed E-state index contributed by atoms with van der Waals surface area (Å²) in [6, 6.07) is 3.73. The molecule has 5 nitrogen and oxygen atoms in total. The number of carbonyl (C=O) groups is 1. The minimum Gasteiger partial charge on any atom is -0.478 e. The SMILES string of the molecule is Cc1nnc(-c2c(F)cccc2C(=O)O)o1. The topological polar surface area (TPSA) is 76.2 Å². The Morgan fingerprint density at radius 1 is 1.44 bits per heavy atom. The fourth-order valence-electron chi connectivity index (χ4n) is 1.32. The molecule has 1 aromatic carbocycles. The highest BCUT2D eigenvalue weighted by Crippen LogP contribution is 2.25. The molecule has 2 rings (SSSR count). The Morgan fingerprint density at radius 2 is 2.19 bits per heavy atom. The molecule has 2 aromatic rings. The first-order chi connectivity index (χ1) is 7.59. The Hall–Kier alpha value is -2.24. The van der Waals surface area contributed by atoms with E-state index >= 15 is 0 Å². The van der Waals surface area contributed by atoms with Gasteiger partial charge in [-0.3, -0.25) is 0 Å². The Labute approximate surface area is 89.5 Å². The molecule has 0 aliphatic rings. The first kappa shape index (κ1) is 10.3. The van der Waals surface area contributed by atoms with E-state index in [9.17, 15) is 9.18 Å². The molecule has 1 N–H and O–H groups in total. The molecule has 82 valence electrons. The monoisotopic (exact) mass is 222 g/mol. The fraction of sp³-hybridized carbons (Fsp3) is 0.100. The standard InChI is InChI=1S/C10H7FN2O3/c1-5-12-13-9(16-5)8-6(10(14)15)3-2-4-7(8)11/h2-4H,1H3,(H,14,15). The Bertz CT molecular complexity index is 551. The van der Waals surface area contributed by atoms with Gasteiger partial charge in [0.15, 0.2) is 0 Å². The number of hydrogen-bond acceptors (Lipinski definition) is 4. The summed E-state index contributed by atoms with van der Waals surface area (Å²) in [4.78, 5) is 10.9. The molecule has 0 atom stereocenters. The molecule has 0 spiro atoms. The molecule has 0 amide bonds. The molecule has 6 heteroatoms. The van der Waals surface area contributed by atoms with E-state index in [1.54, 1.807) is 0 Å². The molecule has 0 saturated carbocycles. The van der Waals surface area contributed by atoms with Crippen molar-refractivity contribution in [1.29, 1.82) is 0 Å². The Balaban J connectivity index is 2.67. The van der Waals surface area contributed by atoms with Crippen molar-refractivity contribution in [3.05, 3.63) is 35.5 Å². The minimum absolute atomic E-state index is 0.131. The van der Waals surface area contributed by atoms with Crippen LogP contribution in [0.1, 0.15) is 16.2 Å². The van der Waals surface area contributed by atoms with Crippen LogP contribution < -0.4 is 0 Å². The number of nitrogens with zero attached hydrogens (tertiary/aromatic N) is 2. The summed E-state index contributed by atoms with van der Waals surface area (Å²) >= 11 is 0. The third kappa shape index (κ3) is 1.65. The highest BCUT2D eigenvalue weighted by molar-refractivity contribution is 5.94. The van der Waals surface area contributed by atoms with E-state index in [2.05, 4.69) is 10.2 Å². The molecule has 1 aromatic heterocycles. The van der Waals surface area contributed by atoms with Crippen LogP contribution in [0, 0.1) is 12.7 Å². The van der Waals surface area contributed by atoms with Crippen LogP contribution >= 0.6 is 0 Å². The molecule has 0 fully saturated rings. The van der Waals surface area contributed by atoms with Gasteiger partial charge in [0, 0.05) is 6.92 Å². The van der Waals surface area contributed by atoms with Crippen molar-refractivity contribution >= 4 is 5.97 Å². The Kier molecular flexibility index (Phi) is 2.40. The maximum absolute atomic E-state index is 13.5. The van der Waals surface area contributed by atoms with Crippen molar-refractivity contribution in [3.63, 3.8) is 0 Å². The lowest BCUT2D eigenvalue weighted by Gasteiger charge is -2.02. The van der Waals surface area contributed by atoms with Crippen LogP contribution in [-0.2, 0) is 0 Å². The smallest absolute Gasteiger partial charge is 0.336 e. The van der Waals surface area contributed by atoms with Gasteiger partial charge in [-0.2, -0.15) is 0 Å². The van der Waals surface area contributed by atoms with Crippen LogP contribution in [0.15, 0.2) is 22.6 Å². The molecular formula is C10H7FN2O3. The van der Waals surface area contributed by atoms with Crippen LogP contribution in [0.2, 0.25) is 0 Å². The van der Waals surface area contributed by atoms with Crippen molar-refractivity contribution < 1.29 is 18.7 Å². The Morgan fingerprint density at radius 3 is 2.75 bits per heavy atom. The zero-order valence-electron chi connectivity index (χ0n) is 8.27. The highest BCUT2D eigenvalue weighted by atomic mass is 19.1. The quantitative estimate of drug-likeness (QED) is 0.839. The molecular weight excluding hydrogens is 215 g/mol. The lowest BCUT2D eigenvalue weighted by Crippen LogP contribution is -2.01. The average Bonchev–Trinajstić information content (AvgIpc) is 2.64. The lowest BCUT2D eigenvalue weighted by molar-refractivity contribution is 0.0697.